The predicted octanol–water partition coefficient (Wildman–Crippen LogP) is 3.72. The maximum atomic E-state index is 9.39. The third-order valence-corrected chi connectivity index (χ3v) is 3.67. The number of aliphatic hydroxyl groups excluding tert-OH is 1. The van der Waals surface area contributed by atoms with Gasteiger partial charge in [-0.3, -0.25) is 0 Å². The molecule has 1 atom stereocenters. The Bertz CT molecular complexity index is 433. The Morgan fingerprint density at radius 2 is 2.15 bits per heavy atom. The van der Waals surface area contributed by atoms with Crippen LogP contribution in [0.2, 0.25) is 0 Å². The van der Waals surface area contributed by atoms with E-state index >= 15 is 0 Å². The Hall–Kier alpha value is -0.380. The molecule has 0 aliphatic heterocycles. The summed E-state index contributed by atoms with van der Waals surface area (Å²) in [4.78, 5) is 1.02. The van der Waals surface area contributed by atoms with Gasteiger partial charge in [0.15, 0.2) is 0 Å². The SMILES string of the molecule is C[C@H](O)c1cc2ccc(Br)cc2s1. The second kappa shape index (κ2) is 3.40. The van der Waals surface area contributed by atoms with Crippen molar-refractivity contribution in [2.75, 3.05) is 0 Å². The summed E-state index contributed by atoms with van der Waals surface area (Å²) in [5.41, 5.74) is 0. The fraction of sp³-hybridized carbons (Fsp3) is 0.200. The van der Waals surface area contributed by atoms with Gasteiger partial charge >= 0.3 is 0 Å². The summed E-state index contributed by atoms with van der Waals surface area (Å²) in [7, 11) is 0. The lowest BCUT2D eigenvalue weighted by molar-refractivity contribution is 0.203. The molecule has 1 nitrogen and oxygen atoms in total. The average molecular weight is 257 g/mol. The van der Waals surface area contributed by atoms with E-state index in [0.29, 0.717) is 0 Å². The Kier molecular flexibility index (Phi) is 2.41. The van der Waals surface area contributed by atoms with Crippen molar-refractivity contribution in [1.29, 1.82) is 0 Å². The molecule has 0 aliphatic rings. The van der Waals surface area contributed by atoms with Crippen molar-refractivity contribution in [1.82, 2.24) is 0 Å². The molecule has 68 valence electrons. The van der Waals surface area contributed by atoms with Gasteiger partial charge in [-0.05, 0) is 30.5 Å². The smallest absolute Gasteiger partial charge is 0.0854 e. The molecule has 0 radical (unpaired) electrons. The highest BCUT2D eigenvalue weighted by Gasteiger charge is 2.06. The second-order valence-corrected chi connectivity index (χ2v) is 5.04. The van der Waals surface area contributed by atoms with Gasteiger partial charge in [-0.1, -0.05) is 22.0 Å². The fourth-order valence-corrected chi connectivity index (χ4v) is 2.79. The van der Waals surface area contributed by atoms with Crippen LogP contribution in [0.4, 0.5) is 0 Å². The summed E-state index contributed by atoms with van der Waals surface area (Å²) < 4.78 is 2.30. The van der Waals surface area contributed by atoms with E-state index in [9.17, 15) is 5.11 Å². The van der Waals surface area contributed by atoms with Crippen LogP contribution in [-0.4, -0.2) is 5.11 Å². The molecule has 13 heavy (non-hydrogen) atoms. The van der Waals surface area contributed by atoms with Crippen LogP contribution >= 0.6 is 27.3 Å². The topological polar surface area (TPSA) is 20.2 Å². The molecular formula is C10H9BrOS. The molecule has 1 N–H and O–H groups in total. The lowest BCUT2D eigenvalue weighted by Crippen LogP contribution is -1.83. The normalized spacial score (nSPS) is 13.5. The summed E-state index contributed by atoms with van der Waals surface area (Å²) in [6.07, 6.45) is -0.365. The number of halogens is 1. The standard InChI is InChI=1S/C10H9BrOS/c1-6(12)9-4-7-2-3-8(11)5-10(7)13-9/h2-6,12H,1H3/t6-/m0/s1. The molecule has 1 aromatic heterocycles. The highest BCUT2D eigenvalue weighted by Crippen LogP contribution is 2.31. The molecule has 0 saturated heterocycles. The average Bonchev–Trinajstić information content (AvgIpc) is 2.46. The molecule has 0 unspecified atom stereocenters. The van der Waals surface area contributed by atoms with Crippen LogP contribution in [0, 0.1) is 0 Å². The monoisotopic (exact) mass is 256 g/mol. The highest BCUT2D eigenvalue weighted by molar-refractivity contribution is 9.10. The number of hydrogen-bond acceptors (Lipinski definition) is 2. The van der Waals surface area contributed by atoms with Crippen molar-refractivity contribution in [3.63, 3.8) is 0 Å². The molecule has 1 heterocycles. The van der Waals surface area contributed by atoms with Crippen molar-refractivity contribution >= 4 is 37.4 Å². The molecule has 0 fully saturated rings. The molecule has 0 aliphatic carbocycles. The van der Waals surface area contributed by atoms with E-state index in [1.807, 2.05) is 12.1 Å². The van der Waals surface area contributed by atoms with Gasteiger partial charge in [0.05, 0.1) is 6.10 Å². The number of rotatable bonds is 1. The number of aliphatic hydroxyl groups is 1. The van der Waals surface area contributed by atoms with Gasteiger partial charge in [-0.15, -0.1) is 11.3 Å². The first-order chi connectivity index (χ1) is 6.16. The maximum Gasteiger partial charge on any atom is 0.0854 e. The van der Waals surface area contributed by atoms with Gasteiger partial charge in [0, 0.05) is 14.0 Å². The van der Waals surface area contributed by atoms with Crippen LogP contribution in [0.1, 0.15) is 17.9 Å². The van der Waals surface area contributed by atoms with Crippen LogP contribution in [0.3, 0.4) is 0 Å². The summed E-state index contributed by atoms with van der Waals surface area (Å²) >= 11 is 5.06. The molecular weight excluding hydrogens is 248 g/mol. The summed E-state index contributed by atoms with van der Waals surface area (Å²) in [5, 5.41) is 10.6. The lowest BCUT2D eigenvalue weighted by Gasteiger charge is -1.95. The lowest BCUT2D eigenvalue weighted by atomic mass is 10.2. The molecule has 0 amide bonds. The zero-order valence-electron chi connectivity index (χ0n) is 7.12. The van der Waals surface area contributed by atoms with Crippen molar-refractivity contribution in [3.8, 4) is 0 Å². The van der Waals surface area contributed by atoms with E-state index in [-0.39, 0.29) is 6.10 Å². The maximum absolute atomic E-state index is 9.39. The number of benzene rings is 1. The Morgan fingerprint density at radius 3 is 2.85 bits per heavy atom. The van der Waals surface area contributed by atoms with Gasteiger partial charge in [0.2, 0.25) is 0 Å². The van der Waals surface area contributed by atoms with Crippen molar-refractivity contribution in [2.24, 2.45) is 0 Å². The number of fused-ring (bicyclic) bond motifs is 1. The zero-order chi connectivity index (χ0) is 9.42. The quantitative estimate of drug-likeness (QED) is 0.825. The molecule has 1 aromatic carbocycles. The van der Waals surface area contributed by atoms with E-state index in [4.69, 9.17) is 0 Å². The van der Waals surface area contributed by atoms with E-state index in [1.165, 1.54) is 10.1 Å². The summed E-state index contributed by atoms with van der Waals surface area (Å²) in [6, 6.07) is 8.19. The van der Waals surface area contributed by atoms with E-state index in [2.05, 4.69) is 28.1 Å². The van der Waals surface area contributed by atoms with Crippen LogP contribution in [0.25, 0.3) is 10.1 Å². The highest BCUT2D eigenvalue weighted by atomic mass is 79.9. The van der Waals surface area contributed by atoms with Gasteiger partial charge in [0.1, 0.15) is 0 Å². The largest absolute Gasteiger partial charge is 0.388 e. The van der Waals surface area contributed by atoms with Gasteiger partial charge in [0.25, 0.3) is 0 Å². The molecule has 2 aromatic rings. The van der Waals surface area contributed by atoms with Crippen LogP contribution in [0.15, 0.2) is 28.7 Å². The minimum absolute atomic E-state index is 0.365. The Balaban J connectivity index is 2.62. The minimum Gasteiger partial charge on any atom is -0.388 e. The predicted molar refractivity (Wildman–Crippen MR) is 60.2 cm³/mol. The number of thiophene rings is 1. The first-order valence-corrected chi connectivity index (χ1v) is 5.65. The van der Waals surface area contributed by atoms with Gasteiger partial charge in [-0.2, -0.15) is 0 Å². The van der Waals surface area contributed by atoms with Crippen LogP contribution in [0.5, 0.6) is 0 Å². The molecule has 3 heteroatoms. The Labute approximate surface area is 89.1 Å². The Morgan fingerprint density at radius 1 is 1.38 bits per heavy atom. The van der Waals surface area contributed by atoms with Crippen molar-refractivity contribution < 1.29 is 5.11 Å². The summed E-state index contributed by atoms with van der Waals surface area (Å²) in [5.74, 6) is 0. The molecule has 0 bridgehead atoms. The van der Waals surface area contributed by atoms with Crippen LogP contribution < -0.4 is 0 Å². The van der Waals surface area contributed by atoms with Crippen molar-refractivity contribution in [2.45, 2.75) is 13.0 Å². The fourth-order valence-electron chi connectivity index (χ4n) is 1.23. The third kappa shape index (κ3) is 1.77. The molecule has 0 spiro atoms. The van der Waals surface area contributed by atoms with Gasteiger partial charge in [-0.25, -0.2) is 0 Å². The van der Waals surface area contributed by atoms with Gasteiger partial charge < -0.3 is 5.11 Å². The summed E-state index contributed by atoms with van der Waals surface area (Å²) in [6.45, 7) is 1.79. The van der Waals surface area contributed by atoms with Crippen LogP contribution in [-0.2, 0) is 0 Å². The van der Waals surface area contributed by atoms with E-state index in [1.54, 1.807) is 18.3 Å². The zero-order valence-corrected chi connectivity index (χ0v) is 9.52. The molecule has 0 saturated carbocycles. The minimum atomic E-state index is -0.365. The number of hydrogen-bond donors (Lipinski definition) is 1. The first kappa shape index (κ1) is 9.19. The van der Waals surface area contributed by atoms with E-state index in [0.717, 1.165) is 9.35 Å². The van der Waals surface area contributed by atoms with E-state index < -0.39 is 0 Å². The molecule has 2 rings (SSSR count). The van der Waals surface area contributed by atoms with Crippen molar-refractivity contribution in [3.05, 3.63) is 33.6 Å². The third-order valence-electron chi connectivity index (χ3n) is 1.91. The second-order valence-electron chi connectivity index (χ2n) is 3.01. The first-order valence-electron chi connectivity index (χ1n) is 4.04.